The molecule has 0 bridgehead atoms. The van der Waals surface area contributed by atoms with Crippen molar-refractivity contribution in [3.8, 4) is 0 Å². The standard InChI is InChI=1S/C20H30N2O2/c1-4-6-9-16(5-2)13-21-20(24)17-12-19(23)22(14-17)18-10-7-8-15(3)11-18/h7-8,10-11,16-17H,4-6,9,12-14H2,1-3H3,(H,21,24). The van der Waals surface area contributed by atoms with Crippen LogP contribution in [0.25, 0.3) is 0 Å². The Morgan fingerprint density at radius 1 is 1.38 bits per heavy atom. The molecule has 0 aromatic heterocycles. The van der Waals surface area contributed by atoms with Crippen molar-refractivity contribution in [1.82, 2.24) is 5.32 Å². The Hall–Kier alpha value is -1.84. The van der Waals surface area contributed by atoms with Crippen LogP contribution in [0.15, 0.2) is 24.3 Å². The van der Waals surface area contributed by atoms with Crippen LogP contribution in [0.2, 0.25) is 0 Å². The lowest BCUT2D eigenvalue weighted by Gasteiger charge is -2.19. The van der Waals surface area contributed by atoms with Crippen LogP contribution in [0.4, 0.5) is 5.69 Å². The summed E-state index contributed by atoms with van der Waals surface area (Å²) in [4.78, 5) is 26.5. The van der Waals surface area contributed by atoms with Gasteiger partial charge in [0.05, 0.1) is 5.92 Å². The fourth-order valence-corrected chi connectivity index (χ4v) is 3.26. The molecule has 1 aromatic rings. The van der Waals surface area contributed by atoms with Crippen molar-refractivity contribution in [1.29, 1.82) is 0 Å². The van der Waals surface area contributed by atoms with E-state index in [4.69, 9.17) is 0 Å². The van der Waals surface area contributed by atoms with Gasteiger partial charge in [-0.1, -0.05) is 45.2 Å². The first kappa shape index (κ1) is 18.5. The Balaban J connectivity index is 1.89. The molecule has 0 radical (unpaired) electrons. The number of rotatable bonds is 8. The van der Waals surface area contributed by atoms with Crippen molar-refractivity contribution in [2.75, 3.05) is 18.0 Å². The van der Waals surface area contributed by atoms with Gasteiger partial charge in [-0.15, -0.1) is 0 Å². The Bertz CT molecular complexity index is 571. The van der Waals surface area contributed by atoms with Gasteiger partial charge in [0, 0.05) is 25.2 Å². The zero-order valence-electron chi connectivity index (χ0n) is 15.2. The van der Waals surface area contributed by atoms with Gasteiger partial charge < -0.3 is 10.2 Å². The summed E-state index contributed by atoms with van der Waals surface area (Å²) in [5.41, 5.74) is 2.01. The third kappa shape index (κ3) is 4.83. The minimum atomic E-state index is -0.235. The van der Waals surface area contributed by atoms with Crippen LogP contribution in [0.5, 0.6) is 0 Å². The molecule has 2 unspecified atom stereocenters. The van der Waals surface area contributed by atoms with Crippen molar-refractivity contribution in [2.45, 2.75) is 52.9 Å². The van der Waals surface area contributed by atoms with Crippen molar-refractivity contribution in [3.63, 3.8) is 0 Å². The number of nitrogens with one attached hydrogen (secondary N) is 1. The average Bonchev–Trinajstić information content (AvgIpc) is 2.97. The zero-order chi connectivity index (χ0) is 17.5. The molecule has 1 aromatic carbocycles. The highest BCUT2D eigenvalue weighted by molar-refractivity contribution is 6.00. The second-order valence-corrected chi connectivity index (χ2v) is 6.91. The first-order valence-corrected chi connectivity index (χ1v) is 9.19. The number of benzene rings is 1. The summed E-state index contributed by atoms with van der Waals surface area (Å²) < 4.78 is 0. The molecule has 132 valence electrons. The Labute approximate surface area is 145 Å². The van der Waals surface area contributed by atoms with Gasteiger partial charge in [0.1, 0.15) is 0 Å². The summed E-state index contributed by atoms with van der Waals surface area (Å²) in [6, 6.07) is 7.89. The first-order chi connectivity index (χ1) is 11.5. The molecule has 2 rings (SSSR count). The van der Waals surface area contributed by atoms with Crippen molar-refractivity contribution >= 4 is 17.5 Å². The van der Waals surface area contributed by atoms with Crippen LogP contribution in [-0.4, -0.2) is 24.9 Å². The van der Waals surface area contributed by atoms with Gasteiger partial charge in [-0.2, -0.15) is 0 Å². The molecule has 1 heterocycles. The molecule has 1 aliphatic rings. The molecule has 0 saturated carbocycles. The van der Waals surface area contributed by atoms with Crippen molar-refractivity contribution in [3.05, 3.63) is 29.8 Å². The zero-order valence-corrected chi connectivity index (χ0v) is 15.2. The predicted molar refractivity (Wildman–Crippen MR) is 98.0 cm³/mol. The topological polar surface area (TPSA) is 49.4 Å². The first-order valence-electron chi connectivity index (χ1n) is 9.19. The fourth-order valence-electron chi connectivity index (χ4n) is 3.26. The number of anilines is 1. The highest BCUT2D eigenvalue weighted by Crippen LogP contribution is 2.26. The van der Waals surface area contributed by atoms with Gasteiger partial charge in [0.15, 0.2) is 0 Å². The van der Waals surface area contributed by atoms with E-state index in [1.807, 2.05) is 31.2 Å². The molecular weight excluding hydrogens is 300 g/mol. The van der Waals surface area contributed by atoms with Crippen LogP contribution in [0, 0.1) is 18.8 Å². The number of aryl methyl sites for hydroxylation is 1. The molecule has 1 saturated heterocycles. The van der Waals surface area contributed by atoms with Gasteiger partial charge in [-0.25, -0.2) is 0 Å². The smallest absolute Gasteiger partial charge is 0.227 e. The summed E-state index contributed by atoms with van der Waals surface area (Å²) in [6.45, 7) is 7.58. The summed E-state index contributed by atoms with van der Waals surface area (Å²) >= 11 is 0. The van der Waals surface area contributed by atoms with Crippen molar-refractivity contribution < 1.29 is 9.59 Å². The number of nitrogens with zero attached hydrogens (tertiary/aromatic N) is 1. The largest absolute Gasteiger partial charge is 0.356 e. The minimum absolute atomic E-state index is 0.0217. The lowest BCUT2D eigenvalue weighted by atomic mass is 9.99. The monoisotopic (exact) mass is 330 g/mol. The average molecular weight is 330 g/mol. The number of carbonyl (C=O) groups is 2. The maximum Gasteiger partial charge on any atom is 0.227 e. The van der Waals surface area contributed by atoms with E-state index in [0.717, 1.165) is 30.6 Å². The second kappa shape index (κ2) is 8.86. The summed E-state index contributed by atoms with van der Waals surface area (Å²) in [5.74, 6) is 0.368. The molecular formula is C20H30N2O2. The van der Waals surface area contributed by atoms with Crippen LogP contribution < -0.4 is 10.2 Å². The maximum atomic E-state index is 12.4. The van der Waals surface area contributed by atoms with E-state index >= 15 is 0 Å². The molecule has 2 amide bonds. The van der Waals surface area contributed by atoms with Gasteiger partial charge in [0.25, 0.3) is 0 Å². The number of amides is 2. The van der Waals surface area contributed by atoms with Crippen LogP contribution in [0.1, 0.15) is 51.5 Å². The predicted octanol–water partition coefficient (Wildman–Crippen LogP) is 3.68. The SMILES string of the molecule is CCCCC(CC)CNC(=O)C1CC(=O)N(c2cccc(C)c2)C1. The second-order valence-electron chi connectivity index (χ2n) is 6.91. The summed E-state index contributed by atoms with van der Waals surface area (Å²) in [7, 11) is 0. The van der Waals surface area contributed by atoms with E-state index < -0.39 is 0 Å². The number of hydrogen-bond acceptors (Lipinski definition) is 2. The maximum absolute atomic E-state index is 12.4. The van der Waals surface area contributed by atoms with E-state index in [2.05, 4.69) is 19.2 Å². The Morgan fingerprint density at radius 2 is 2.17 bits per heavy atom. The minimum Gasteiger partial charge on any atom is -0.356 e. The molecule has 1 N–H and O–H groups in total. The van der Waals surface area contributed by atoms with E-state index in [1.54, 1.807) is 4.90 Å². The van der Waals surface area contributed by atoms with E-state index in [0.29, 0.717) is 18.9 Å². The Kier molecular flexibility index (Phi) is 6.83. The summed E-state index contributed by atoms with van der Waals surface area (Å²) in [5, 5.41) is 3.07. The van der Waals surface area contributed by atoms with Gasteiger partial charge in [-0.3, -0.25) is 9.59 Å². The van der Waals surface area contributed by atoms with Gasteiger partial charge in [0.2, 0.25) is 11.8 Å². The van der Waals surface area contributed by atoms with E-state index in [1.165, 1.54) is 12.8 Å². The lowest BCUT2D eigenvalue weighted by Crippen LogP contribution is -2.35. The molecule has 1 fully saturated rings. The third-order valence-electron chi connectivity index (χ3n) is 4.92. The third-order valence-corrected chi connectivity index (χ3v) is 4.92. The highest BCUT2D eigenvalue weighted by Gasteiger charge is 2.35. The molecule has 2 atom stereocenters. The number of carbonyl (C=O) groups excluding carboxylic acids is 2. The van der Waals surface area contributed by atoms with Crippen LogP contribution >= 0.6 is 0 Å². The van der Waals surface area contributed by atoms with E-state index in [-0.39, 0.29) is 17.7 Å². The fraction of sp³-hybridized carbons (Fsp3) is 0.600. The lowest BCUT2D eigenvalue weighted by molar-refractivity contribution is -0.126. The van der Waals surface area contributed by atoms with Crippen LogP contribution in [0.3, 0.4) is 0 Å². The number of hydrogen-bond donors (Lipinski definition) is 1. The molecule has 24 heavy (non-hydrogen) atoms. The molecule has 0 aliphatic carbocycles. The van der Waals surface area contributed by atoms with Gasteiger partial charge >= 0.3 is 0 Å². The highest BCUT2D eigenvalue weighted by atomic mass is 16.2. The normalized spacial score (nSPS) is 18.7. The molecule has 4 heteroatoms. The summed E-state index contributed by atoms with van der Waals surface area (Å²) in [6.07, 6.45) is 4.95. The Morgan fingerprint density at radius 3 is 2.83 bits per heavy atom. The molecule has 4 nitrogen and oxygen atoms in total. The molecule has 0 spiro atoms. The molecule has 1 aliphatic heterocycles. The number of unbranched alkanes of at least 4 members (excludes halogenated alkanes) is 1. The van der Waals surface area contributed by atoms with E-state index in [9.17, 15) is 9.59 Å². The van der Waals surface area contributed by atoms with Gasteiger partial charge in [-0.05, 0) is 37.0 Å². The quantitative estimate of drug-likeness (QED) is 0.790. The van der Waals surface area contributed by atoms with Crippen molar-refractivity contribution in [2.24, 2.45) is 11.8 Å². The van der Waals surface area contributed by atoms with Crippen LogP contribution in [-0.2, 0) is 9.59 Å².